The summed E-state index contributed by atoms with van der Waals surface area (Å²) < 4.78 is 47.9. The van der Waals surface area contributed by atoms with Crippen LogP contribution < -0.4 is 9.80 Å². The zero-order chi connectivity index (χ0) is 27.2. The van der Waals surface area contributed by atoms with E-state index >= 15 is 0 Å². The fourth-order valence-corrected chi connectivity index (χ4v) is 9.63. The molecule has 0 spiro atoms. The molecule has 0 fully saturated rings. The lowest BCUT2D eigenvalue weighted by Crippen LogP contribution is -3.23. The normalized spacial score (nSPS) is 17.9. The molecular formula is C17H44N2O11P4+2. The molecule has 17 heteroatoms. The van der Waals surface area contributed by atoms with Gasteiger partial charge in [-0.1, -0.05) is 27.7 Å². The molecule has 0 aliphatic rings. The summed E-state index contributed by atoms with van der Waals surface area (Å²) in [6.07, 6.45) is -1.00. The molecule has 0 saturated carbocycles. The Bertz CT molecular complexity index is 799. The predicted octanol–water partition coefficient (Wildman–Crippen LogP) is -0.430. The lowest BCUT2D eigenvalue weighted by atomic mass is 9.86. The van der Waals surface area contributed by atoms with Crippen molar-refractivity contribution in [1.82, 2.24) is 0 Å². The second-order valence-electron chi connectivity index (χ2n) is 9.36. The van der Waals surface area contributed by atoms with Gasteiger partial charge in [0, 0.05) is 19.5 Å². The van der Waals surface area contributed by atoms with Gasteiger partial charge >= 0.3 is 22.8 Å². The lowest BCUT2D eigenvalue weighted by Gasteiger charge is -2.44. The maximum absolute atomic E-state index is 12.2. The first-order valence-electron chi connectivity index (χ1n) is 11.2. The Balaban J connectivity index is 6.44. The van der Waals surface area contributed by atoms with Crippen LogP contribution in [0.5, 0.6) is 0 Å². The largest absolute Gasteiger partial charge is 0.379 e. The van der Waals surface area contributed by atoms with Crippen LogP contribution in [0.25, 0.3) is 0 Å². The molecule has 0 rings (SSSR count). The number of hydrogen-bond donors (Lipinski definition) is 9. The first-order valence-corrected chi connectivity index (χ1v) is 18.9. The van der Waals surface area contributed by atoms with Crippen LogP contribution in [0.4, 0.5) is 0 Å². The van der Waals surface area contributed by atoms with E-state index in [0.717, 1.165) is 6.66 Å². The third-order valence-corrected chi connectivity index (χ3v) is 10.5. The molecule has 0 aromatic carbocycles. The molecule has 0 aromatic heterocycles. The van der Waals surface area contributed by atoms with Gasteiger partial charge in [0.05, 0.1) is 13.0 Å². The molecule has 0 amide bonds. The van der Waals surface area contributed by atoms with Crippen molar-refractivity contribution >= 4 is 30.2 Å². The van der Waals surface area contributed by atoms with Crippen molar-refractivity contribution in [3.8, 4) is 0 Å². The topological polar surface area (TPSA) is 219 Å². The Hall–Kier alpha value is 0.560. The average molecular weight is 576 g/mol. The van der Waals surface area contributed by atoms with Gasteiger partial charge in [-0.3, -0.25) is 18.3 Å². The van der Waals surface area contributed by atoms with Crippen LogP contribution in [-0.4, -0.2) is 83.6 Å². The number of nitrogens with one attached hydrogen (secondary N) is 2. The highest BCUT2D eigenvalue weighted by molar-refractivity contribution is 7.57. The first-order chi connectivity index (χ1) is 15.1. The van der Waals surface area contributed by atoms with Crippen molar-refractivity contribution < 1.29 is 62.3 Å². The maximum atomic E-state index is 12.2. The number of quaternary nitrogens is 2. The van der Waals surface area contributed by atoms with Gasteiger partial charge in [-0.2, -0.15) is 0 Å². The van der Waals surface area contributed by atoms with E-state index < -0.39 is 66.3 Å². The van der Waals surface area contributed by atoms with Crippen LogP contribution in [0.1, 0.15) is 59.8 Å². The van der Waals surface area contributed by atoms with Crippen molar-refractivity contribution in [2.75, 3.05) is 38.2 Å². The Morgan fingerprint density at radius 3 is 1.26 bits per heavy atom. The van der Waals surface area contributed by atoms with Crippen LogP contribution in [0.3, 0.4) is 0 Å². The van der Waals surface area contributed by atoms with Gasteiger partial charge in [-0.15, -0.1) is 0 Å². The van der Waals surface area contributed by atoms with Crippen molar-refractivity contribution in [3.05, 3.63) is 0 Å². The molecule has 3 atom stereocenters. The van der Waals surface area contributed by atoms with Gasteiger partial charge < -0.3 is 44.1 Å². The zero-order valence-electron chi connectivity index (χ0n) is 20.6. The van der Waals surface area contributed by atoms with Crippen molar-refractivity contribution in [3.63, 3.8) is 0 Å². The molecule has 0 heterocycles. The van der Waals surface area contributed by atoms with E-state index in [1.54, 1.807) is 27.7 Å². The van der Waals surface area contributed by atoms with Crippen LogP contribution >= 0.6 is 30.2 Å². The van der Waals surface area contributed by atoms with Gasteiger partial charge in [0.2, 0.25) is 7.37 Å². The SMILES string of the molecule is CCC(CC)(CC[NH+](CP(=O)(O)O)C(CC)(CC)CP(=O)(O)O)[NH+](CP(C)(=O)O)CP(=O)(O)O. The Morgan fingerprint density at radius 2 is 0.971 bits per heavy atom. The highest BCUT2D eigenvalue weighted by Gasteiger charge is 2.48. The molecule has 0 bridgehead atoms. The minimum Gasteiger partial charge on any atom is -0.341 e. The Labute approximate surface area is 201 Å². The van der Waals surface area contributed by atoms with Crippen molar-refractivity contribution in [2.45, 2.75) is 70.9 Å². The van der Waals surface area contributed by atoms with Crippen molar-refractivity contribution in [2.24, 2.45) is 0 Å². The van der Waals surface area contributed by atoms with Crippen LogP contribution in [0, 0.1) is 0 Å². The summed E-state index contributed by atoms with van der Waals surface area (Å²) >= 11 is 0. The van der Waals surface area contributed by atoms with Gasteiger partial charge in [-0.25, -0.2) is 0 Å². The Morgan fingerprint density at radius 1 is 0.588 bits per heavy atom. The van der Waals surface area contributed by atoms with E-state index in [1.807, 2.05) is 0 Å². The van der Waals surface area contributed by atoms with E-state index in [1.165, 1.54) is 0 Å². The smallest absolute Gasteiger partial charge is 0.341 e. The maximum Gasteiger partial charge on any atom is 0.379 e. The minimum absolute atomic E-state index is 0.0403. The van der Waals surface area contributed by atoms with E-state index in [-0.39, 0.29) is 30.7 Å². The molecule has 3 unspecified atom stereocenters. The molecule has 9 N–H and O–H groups in total. The van der Waals surface area contributed by atoms with E-state index in [4.69, 9.17) is 0 Å². The van der Waals surface area contributed by atoms with Crippen LogP contribution in [0.2, 0.25) is 0 Å². The van der Waals surface area contributed by atoms with Gasteiger partial charge in [0.1, 0.15) is 17.2 Å². The van der Waals surface area contributed by atoms with Crippen molar-refractivity contribution in [1.29, 1.82) is 0 Å². The molecule has 34 heavy (non-hydrogen) atoms. The summed E-state index contributed by atoms with van der Waals surface area (Å²) in [6, 6.07) is 0. The molecule has 206 valence electrons. The predicted molar refractivity (Wildman–Crippen MR) is 129 cm³/mol. The first kappa shape index (κ1) is 34.6. The molecule has 0 radical (unpaired) electrons. The quantitative estimate of drug-likeness (QED) is 0.101. The van der Waals surface area contributed by atoms with E-state index in [9.17, 15) is 52.5 Å². The molecule has 0 aliphatic carbocycles. The number of rotatable bonds is 17. The average Bonchev–Trinajstić information content (AvgIpc) is 2.62. The summed E-state index contributed by atoms with van der Waals surface area (Å²) in [7, 11) is -17.4. The van der Waals surface area contributed by atoms with Gasteiger partial charge in [-0.05, 0) is 12.8 Å². The standard InChI is InChI=1S/C17H42N2O11P4/c1-6-16(7-2,19(13-31(5,20)21)15-34(28,29)30)10-11-18(14-33(25,26)27)17(8-3,9-4)12-32(22,23)24/h6-15H2,1-5H3,(H,20,21)(H2,22,23,24)(H2,25,26,27)(H2,28,29,30)/p+2. The highest BCUT2D eigenvalue weighted by Crippen LogP contribution is 2.41. The summed E-state index contributed by atoms with van der Waals surface area (Å²) in [6.45, 7) is 8.07. The van der Waals surface area contributed by atoms with E-state index in [2.05, 4.69) is 0 Å². The minimum atomic E-state index is -4.61. The summed E-state index contributed by atoms with van der Waals surface area (Å²) in [5.74, 6) is 0. The molecule has 0 aromatic rings. The summed E-state index contributed by atoms with van der Waals surface area (Å²) in [5.41, 5.74) is -2.06. The fraction of sp³-hybridized carbons (Fsp3) is 1.00. The summed E-state index contributed by atoms with van der Waals surface area (Å²) in [4.78, 5) is 68.6. The molecule has 13 nitrogen and oxygen atoms in total. The third-order valence-electron chi connectivity index (χ3n) is 6.90. The highest BCUT2D eigenvalue weighted by atomic mass is 31.2. The van der Waals surface area contributed by atoms with E-state index in [0.29, 0.717) is 17.7 Å². The summed E-state index contributed by atoms with van der Waals surface area (Å²) in [5, 5.41) is 0. The zero-order valence-corrected chi connectivity index (χ0v) is 24.2. The van der Waals surface area contributed by atoms with Crippen LogP contribution in [-0.2, 0) is 18.3 Å². The molecule has 0 aliphatic heterocycles. The van der Waals surface area contributed by atoms with Gasteiger partial charge in [0.15, 0.2) is 18.9 Å². The fourth-order valence-electron chi connectivity index (χ4n) is 4.90. The number of hydrogen-bond acceptors (Lipinski definition) is 4. The Kier molecular flexibility index (Phi) is 13.1. The molecular weight excluding hydrogens is 532 g/mol. The second kappa shape index (κ2) is 12.9. The lowest BCUT2D eigenvalue weighted by molar-refractivity contribution is -0.960. The molecule has 0 saturated heterocycles. The second-order valence-corrected chi connectivity index (χ2v) is 16.7. The monoisotopic (exact) mass is 576 g/mol. The third kappa shape index (κ3) is 12.2. The van der Waals surface area contributed by atoms with Gasteiger partial charge in [0.25, 0.3) is 0 Å². The van der Waals surface area contributed by atoms with Crippen LogP contribution in [0.15, 0.2) is 0 Å².